The topological polar surface area (TPSA) is 70.5 Å². The molecule has 7 nitrogen and oxygen atoms in total. The number of imide groups is 1. The van der Waals surface area contributed by atoms with E-state index in [1.807, 2.05) is 59.4 Å². The molecule has 7 heteroatoms. The first-order valence-electron chi connectivity index (χ1n) is 11.1. The van der Waals surface area contributed by atoms with Crippen molar-refractivity contribution in [1.29, 1.82) is 0 Å². The average molecular weight is 424 g/mol. The second kappa shape index (κ2) is 8.11. The molecule has 1 aromatic heterocycles. The number of amides is 3. The summed E-state index contributed by atoms with van der Waals surface area (Å²) in [4.78, 5) is 29.2. The van der Waals surface area contributed by atoms with E-state index in [0.29, 0.717) is 12.5 Å². The van der Waals surface area contributed by atoms with Crippen LogP contribution < -0.4 is 5.32 Å². The lowest BCUT2D eigenvalue weighted by atomic mass is 9.67. The zero-order valence-corrected chi connectivity index (χ0v) is 19.0. The smallest absolute Gasteiger partial charge is 0.323 e. The summed E-state index contributed by atoms with van der Waals surface area (Å²) in [7, 11) is 1.92. The van der Waals surface area contributed by atoms with Crippen LogP contribution in [0.5, 0.6) is 0 Å². The molecule has 0 bridgehead atoms. The van der Waals surface area contributed by atoms with Gasteiger partial charge in [0.1, 0.15) is 5.54 Å². The van der Waals surface area contributed by atoms with Gasteiger partial charge < -0.3 is 5.32 Å². The molecule has 1 aromatic carbocycles. The highest BCUT2D eigenvalue weighted by atomic mass is 16.2. The van der Waals surface area contributed by atoms with Crippen molar-refractivity contribution in [3.8, 4) is 5.69 Å². The summed E-state index contributed by atoms with van der Waals surface area (Å²) in [5, 5.41) is 7.46. The fourth-order valence-corrected chi connectivity index (χ4v) is 4.89. The van der Waals surface area contributed by atoms with Crippen molar-refractivity contribution in [1.82, 2.24) is 24.9 Å². The Bertz CT molecular complexity index is 938. The Morgan fingerprint density at radius 3 is 2.48 bits per heavy atom. The van der Waals surface area contributed by atoms with E-state index in [-0.39, 0.29) is 24.0 Å². The van der Waals surface area contributed by atoms with Crippen LogP contribution in [0.25, 0.3) is 5.69 Å². The Labute approximate surface area is 184 Å². The first kappa shape index (κ1) is 21.6. The number of benzene rings is 1. The third kappa shape index (κ3) is 4.37. The van der Waals surface area contributed by atoms with Gasteiger partial charge in [-0.25, -0.2) is 14.4 Å². The number of urea groups is 1. The zero-order valence-electron chi connectivity index (χ0n) is 19.0. The van der Waals surface area contributed by atoms with Gasteiger partial charge in [-0.3, -0.25) is 9.69 Å². The maximum absolute atomic E-state index is 13.2. The van der Waals surface area contributed by atoms with Crippen LogP contribution in [0.3, 0.4) is 0 Å². The van der Waals surface area contributed by atoms with E-state index in [1.165, 1.54) is 4.90 Å². The van der Waals surface area contributed by atoms with Gasteiger partial charge in [0.15, 0.2) is 0 Å². The minimum atomic E-state index is -0.710. The molecular formula is C24H33N5O2. The number of hydrogen-bond donors (Lipinski definition) is 1. The van der Waals surface area contributed by atoms with Gasteiger partial charge in [0.2, 0.25) is 0 Å². The largest absolute Gasteiger partial charge is 0.326 e. The number of rotatable bonds is 5. The van der Waals surface area contributed by atoms with Gasteiger partial charge in [0, 0.05) is 18.3 Å². The van der Waals surface area contributed by atoms with Crippen molar-refractivity contribution in [3.63, 3.8) is 0 Å². The second-order valence-electron chi connectivity index (χ2n) is 10.2. The molecule has 2 fully saturated rings. The Hall–Kier alpha value is -2.67. The quantitative estimate of drug-likeness (QED) is 0.743. The molecule has 4 rings (SSSR count). The lowest BCUT2D eigenvalue weighted by Gasteiger charge is -2.40. The van der Waals surface area contributed by atoms with Crippen molar-refractivity contribution in [2.75, 3.05) is 13.7 Å². The van der Waals surface area contributed by atoms with Gasteiger partial charge in [-0.05, 0) is 56.2 Å². The summed E-state index contributed by atoms with van der Waals surface area (Å²) in [5.41, 5.74) is 1.55. The molecule has 1 N–H and O–H groups in total. The average Bonchev–Trinajstić information content (AvgIpc) is 3.27. The predicted molar refractivity (Wildman–Crippen MR) is 119 cm³/mol. The van der Waals surface area contributed by atoms with E-state index in [9.17, 15) is 9.59 Å². The summed E-state index contributed by atoms with van der Waals surface area (Å²) in [5.74, 6) is 0.511. The molecule has 1 saturated carbocycles. The third-order valence-electron chi connectivity index (χ3n) is 6.80. The lowest BCUT2D eigenvalue weighted by molar-refractivity contribution is -0.134. The van der Waals surface area contributed by atoms with Crippen molar-refractivity contribution >= 4 is 11.9 Å². The minimum absolute atomic E-state index is 0.0725. The first-order chi connectivity index (χ1) is 14.7. The zero-order chi connectivity index (χ0) is 22.2. The molecule has 1 aliphatic heterocycles. The van der Waals surface area contributed by atoms with Crippen LogP contribution in [0, 0.1) is 11.3 Å². The number of carbonyl (C=O) groups excluding carboxylic acids is 2. The minimum Gasteiger partial charge on any atom is -0.323 e. The lowest BCUT2D eigenvalue weighted by Crippen LogP contribution is -2.51. The molecule has 0 radical (unpaired) electrons. The number of nitrogens with one attached hydrogen (secondary N) is 1. The Morgan fingerprint density at radius 1 is 1.16 bits per heavy atom. The van der Waals surface area contributed by atoms with Crippen LogP contribution in [0.1, 0.15) is 52.0 Å². The standard InChI is InChI=1S/C24H33N5O2/c1-23(2,3)19-10-12-24(13-11-19)21(30)28(22(31)26-24)17-27(4)15-18-14-25-29(16-18)20-8-6-5-7-9-20/h5-9,14,16,19H,10-13,15,17H2,1-4H3,(H,26,31). The van der Waals surface area contributed by atoms with Gasteiger partial charge in [-0.2, -0.15) is 5.10 Å². The number of hydrogen-bond acceptors (Lipinski definition) is 4. The molecule has 3 amide bonds. The van der Waals surface area contributed by atoms with E-state index in [1.54, 1.807) is 0 Å². The molecule has 31 heavy (non-hydrogen) atoms. The normalized spacial score (nSPS) is 24.3. The number of carbonyl (C=O) groups is 2. The molecule has 2 aromatic rings. The summed E-state index contributed by atoms with van der Waals surface area (Å²) >= 11 is 0. The molecule has 0 unspecified atom stereocenters. The molecule has 2 aliphatic rings. The van der Waals surface area contributed by atoms with Crippen LogP contribution in [0.15, 0.2) is 42.7 Å². The van der Waals surface area contributed by atoms with Crippen molar-refractivity contribution in [3.05, 3.63) is 48.3 Å². The van der Waals surface area contributed by atoms with E-state index in [2.05, 4.69) is 31.2 Å². The fraction of sp³-hybridized carbons (Fsp3) is 0.542. The summed E-state index contributed by atoms with van der Waals surface area (Å²) in [6.45, 7) is 7.64. The molecule has 166 valence electrons. The number of para-hydroxylation sites is 1. The fourth-order valence-electron chi connectivity index (χ4n) is 4.89. The van der Waals surface area contributed by atoms with Crippen molar-refractivity contribution in [2.45, 2.75) is 58.5 Å². The van der Waals surface area contributed by atoms with Crippen molar-refractivity contribution < 1.29 is 9.59 Å². The van der Waals surface area contributed by atoms with E-state index < -0.39 is 5.54 Å². The van der Waals surface area contributed by atoms with Crippen molar-refractivity contribution in [2.24, 2.45) is 11.3 Å². The molecule has 2 heterocycles. The van der Waals surface area contributed by atoms with Gasteiger partial charge in [-0.15, -0.1) is 0 Å². The molecule has 1 aliphatic carbocycles. The Balaban J connectivity index is 1.37. The van der Waals surface area contributed by atoms with Crippen LogP contribution in [-0.4, -0.2) is 50.8 Å². The van der Waals surface area contributed by atoms with Gasteiger partial charge >= 0.3 is 6.03 Å². The summed E-state index contributed by atoms with van der Waals surface area (Å²) in [6.07, 6.45) is 7.19. The van der Waals surface area contributed by atoms with Crippen LogP contribution in [0.4, 0.5) is 4.79 Å². The van der Waals surface area contributed by atoms with Crippen LogP contribution >= 0.6 is 0 Å². The van der Waals surface area contributed by atoms with Gasteiger partial charge in [0.25, 0.3) is 5.91 Å². The monoisotopic (exact) mass is 423 g/mol. The summed E-state index contributed by atoms with van der Waals surface area (Å²) < 4.78 is 1.83. The molecular weight excluding hydrogens is 390 g/mol. The highest BCUT2D eigenvalue weighted by Crippen LogP contribution is 2.43. The molecule has 1 saturated heterocycles. The van der Waals surface area contributed by atoms with Gasteiger partial charge in [0.05, 0.1) is 18.6 Å². The highest BCUT2D eigenvalue weighted by molar-refractivity contribution is 6.07. The SMILES string of the molecule is CN(Cc1cnn(-c2ccccc2)c1)CN1C(=O)NC2(CCC(C(C)(C)C)CC2)C1=O. The van der Waals surface area contributed by atoms with E-state index >= 15 is 0 Å². The predicted octanol–water partition coefficient (Wildman–Crippen LogP) is 3.79. The Morgan fingerprint density at radius 2 is 1.84 bits per heavy atom. The first-order valence-corrected chi connectivity index (χ1v) is 11.1. The molecule has 1 spiro atoms. The summed E-state index contributed by atoms with van der Waals surface area (Å²) in [6, 6.07) is 9.66. The second-order valence-corrected chi connectivity index (χ2v) is 10.2. The van der Waals surface area contributed by atoms with Crippen LogP contribution in [-0.2, 0) is 11.3 Å². The number of aromatic nitrogens is 2. The number of nitrogens with zero attached hydrogens (tertiary/aromatic N) is 4. The molecule has 0 atom stereocenters. The highest BCUT2D eigenvalue weighted by Gasteiger charge is 2.53. The third-order valence-corrected chi connectivity index (χ3v) is 6.80. The van der Waals surface area contributed by atoms with Crippen LogP contribution in [0.2, 0.25) is 0 Å². The van der Waals surface area contributed by atoms with E-state index in [4.69, 9.17) is 0 Å². The van der Waals surface area contributed by atoms with E-state index in [0.717, 1.165) is 36.9 Å². The maximum Gasteiger partial charge on any atom is 0.326 e. The maximum atomic E-state index is 13.2. The Kier molecular flexibility index (Phi) is 5.64. The van der Waals surface area contributed by atoms with Gasteiger partial charge in [-0.1, -0.05) is 39.0 Å².